The lowest BCUT2D eigenvalue weighted by Crippen LogP contribution is -2.27. The van der Waals surface area contributed by atoms with Crippen LogP contribution in [0.15, 0.2) is 60.1 Å². The van der Waals surface area contributed by atoms with E-state index in [0.717, 1.165) is 30.0 Å². The summed E-state index contributed by atoms with van der Waals surface area (Å²) in [7, 11) is 1.69. The van der Waals surface area contributed by atoms with E-state index < -0.39 is 0 Å². The monoisotopic (exact) mass is 377 g/mol. The quantitative estimate of drug-likeness (QED) is 0.475. The maximum Gasteiger partial charge on any atom is 0.119 e. The molecule has 0 aliphatic rings. The highest BCUT2D eigenvalue weighted by Gasteiger charge is 2.11. The summed E-state index contributed by atoms with van der Waals surface area (Å²) in [6.45, 7) is 3.02. The van der Waals surface area contributed by atoms with Crippen LogP contribution >= 0.6 is 11.3 Å². The number of aromatic nitrogens is 2. The van der Waals surface area contributed by atoms with Crippen LogP contribution in [-0.4, -0.2) is 23.3 Å². The second-order valence-corrected chi connectivity index (χ2v) is 7.80. The van der Waals surface area contributed by atoms with Gasteiger partial charge in [0.15, 0.2) is 0 Å². The van der Waals surface area contributed by atoms with Gasteiger partial charge in [-0.05, 0) is 53.8 Å². The molecule has 2 aromatic carbocycles. The molecule has 0 saturated heterocycles. The Labute approximate surface area is 163 Å². The van der Waals surface area contributed by atoms with E-state index in [0.29, 0.717) is 6.04 Å². The summed E-state index contributed by atoms with van der Waals surface area (Å²) < 4.78 is 5.31. The van der Waals surface area contributed by atoms with Gasteiger partial charge in [0, 0.05) is 28.6 Å². The molecule has 0 radical (unpaired) electrons. The number of nitrogens with zero attached hydrogens (tertiary/aromatic N) is 1. The maximum absolute atomic E-state index is 5.31. The Kier molecular flexibility index (Phi) is 5.23. The molecule has 0 spiro atoms. The molecule has 2 aromatic heterocycles. The molecular formula is C22H23N3OS. The number of fused-ring (bicyclic) bond motifs is 1. The third kappa shape index (κ3) is 4.04. The van der Waals surface area contributed by atoms with E-state index in [9.17, 15) is 0 Å². The lowest BCUT2D eigenvalue weighted by atomic mass is 10.0. The van der Waals surface area contributed by atoms with Crippen molar-refractivity contribution in [2.24, 2.45) is 0 Å². The largest absolute Gasteiger partial charge is 0.497 e. The smallest absolute Gasteiger partial charge is 0.119 e. The maximum atomic E-state index is 5.31. The zero-order valence-electron chi connectivity index (χ0n) is 15.5. The normalized spacial score (nSPS) is 12.4. The number of ether oxygens (including phenoxy) is 1. The van der Waals surface area contributed by atoms with Gasteiger partial charge >= 0.3 is 0 Å². The van der Waals surface area contributed by atoms with E-state index >= 15 is 0 Å². The molecule has 138 valence electrons. The molecule has 0 saturated carbocycles. The first-order valence-corrected chi connectivity index (χ1v) is 9.97. The van der Waals surface area contributed by atoms with Gasteiger partial charge in [-0.25, -0.2) is 0 Å². The Morgan fingerprint density at radius 2 is 2.00 bits per heavy atom. The van der Waals surface area contributed by atoms with Crippen molar-refractivity contribution in [3.63, 3.8) is 0 Å². The molecule has 4 aromatic rings. The number of nitrogens with one attached hydrogen (secondary N) is 2. The van der Waals surface area contributed by atoms with Crippen LogP contribution in [0.3, 0.4) is 0 Å². The number of hydrogen-bond acceptors (Lipinski definition) is 4. The van der Waals surface area contributed by atoms with Crippen LogP contribution in [0.4, 0.5) is 0 Å². The zero-order valence-corrected chi connectivity index (χ0v) is 16.3. The fourth-order valence-electron chi connectivity index (χ4n) is 3.29. The highest BCUT2D eigenvalue weighted by Crippen LogP contribution is 2.28. The van der Waals surface area contributed by atoms with Crippen molar-refractivity contribution >= 4 is 22.1 Å². The SMILES string of the molecule is COc1ccc2cc(-c3[nH]ncc3CNC(C)Cc3cccs3)ccc2c1. The summed E-state index contributed by atoms with van der Waals surface area (Å²) >= 11 is 1.81. The minimum Gasteiger partial charge on any atom is -0.497 e. The Morgan fingerprint density at radius 1 is 1.15 bits per heavy atom. The topological polar surface area (TPSA) is 49.9 Å². The van der Waals surface area contributed by atoms with Crippen molar-refractivity contribution in [1.29, 1.82) is 0 Å². The van der Waals surface area contributed by atoms with Crippen LogP contribution in [0, 0.1) is 0 Å². The molecule has 0 aliphatic carbocycles. The summed E-state index contributed by atoms with van der Waals surface area (Å²) in [4.78, 5) is 1.41. The predicted molar refractivity (Wildman–Crippen MR) is 112 cm³/mol. The van der Waals surface area contributed by atoms with Crippen LogP contribution in [0.25, 0.3) is 22.0 Å². The average molecular weight is 378 g/mol. The standard InChI is InChI=1S/C22H23N3OS/c1-15(10-21-4-3-9-27-21)23-13-19-14-24-25-22(19)18-6-5-17-12-20(26-2)8-7-16(17)11-18/h3-9,11-12,14-15,23H,10,13H2,1-2H3,(H,24,25). The van der Waals surface area contributed by atoms with Gasteiger partial charge in [0.25, 0.3) is 0 Å². The number of rotatable bonds is 7. The minimum absolute atomic E-state index is 0.412. The van der Waals surface area contributed by atoms with Crippen molar-refractivity contribution in [3.8, 4) is 17.0 Å². The molecule has 0 amide bonds. The fraction of sp³-hybridized carbons (Fsp3) is 0.227. The third-order valence-electron chi connectivity index (χ3n) is 4.78. The number of benzene rings is 2. The Balaban J connectivity index is 1.50. The summed E-state index contributed by atoms with van der Waals surface area (Å²) in [6, 6.07) is 17.3. The summed E-state index contributed by atoms with van der Waals surface area (Å²) in [5.74, 6) is 0.876. The molecule has 1 atom stereocenters. The van der Waals surface area contributed by atoms with Gasteiger partial charge in [-0.3, -0.25) is 5.10 Å². The molecule has 0 aliphatic heterocycles. The van der Waals surface area contributed by atoms with Crippen LogP contribution in [0.2, 0.25) is 0 Å². The fourth-order valence-corrected chi connectivity index (χ4v) is 4.12. The van der Waals surface area contributed by atoms with Gasteiger partial charge in [0.2, 0.25) is 0 Å². The minimum atomic E-state index is 0.412. The molecule has 2 N–H and O–H groups in total. The first-order chi connectivity index (χ1) is 13.2. The van der Waals surface area contributed by atoms with E-state index in [1.54, 1.807) is 7.11 Å². The molecule has 2 heterocycles. The lowest BCUT2D eigenvalue weighted by Gasteiger charge is -2.13. The predicted octanol–water partition coefficient (Wildman–Crippen LogP) is 5.02. The van der Waals surface area contributed by atoms with Crippen molar-refractivity contribution in [3.05, 3.63) is 70.5 Å². The molecule has 27 heavy (non-hydrogen) atoms. The van der Waals surface area contributed by atoms with Crippen LogP contribution < -0.4 is 10.1 Å². The summed E-state index contributed by atoms with van der Waals surface area (Å²) in [6.07, 6.45) is 2.96. The first-order valence-electron chi connectivity index (χ1n) is 9.09. The van der Waals surface area contributed by atoms with Crippen LogP contribution in [-0.2, 0) is 13.0 Å². The highest BCUT2D eigenvalue weighted by molar-refractivity contribution is 7.09. The van der Waals surface area contributed by atoms with Crippen molar-refractivity contribution in [1.82, 2.24) is 15.5 Å². The Bertz CT molecular complexity index is 1020. The van der Waals surface area contributed by atoms with Gasteiger partial charge in [0.1, 0.15) is 5.75 Å². The van der Waals surface area contributed by atoms with E-state index in [4.69, 9.17) is 4.74 Å². The Morgan fingerprint density at radius 3 is 2.81 bits per heavy atom. The third-order valence-corrected chi connectivity index (χ3v) is 5.68. The number of thiophene rings is 1. The van der Waals surface area contributed by atoms with Crippen molar-refractivity contribution in [2.75, 3.05) is 7.11 Å². The number of hydrogen-bond donors (Lipinski definition) is 2. The van der Waals surface area contributed by atoms with E-state index in [1.165, 1.54) is 21.2 Å². The second kappa shape index (κ2) is 7.94. The van der Waals surface area contributed by atoms with Gasteiger partial charge in [-0.2, -0.15) is 5.10 Å². The Hall–Kier alpha value is -2.63. The van der Waals surface area contributed by atoms with Crippen molar-refractivity contribution < 1.29 is 4.74 Å². The average Bonchev–Trinajstić information content (AvgIpc) is 3.37. The van der Waals surface area contributed by atoms with Gasteiger partial charge in [-0.15, -0.1) is 11.3 Å². The van der Waals surface area contributed by atoms with E-state index in [2.05, 4.69) is 70.3 Å². The molecular weight excluding hydrogens is 354 g/mol. The molecule has 4 nitrogen and oxygen atoms in total. The van der Waals surface area contributed by atoms with E-state index in [-0.39, 0.29) is 0 Å². The number of H-pyrrole nitrogens is 1. The van der Waals surface area contributed by atoms with Gasteiger partial charge < -0.3 is 10.1 Å². The van der Waals surface area contributed by atoms with Crippen LogP contribution in [0.5, 0.6) is 5.75 Å². The van der Waals surface area contributed by atoms with Gasteiger partial charge in [0.05, 0.1) is 19.0 Å². The lowest BCUT2D eigenvalue weighted by molar-refractivity contribution is 0.415. The molecule has 0 fully saturated rings. The molecule has 5 heteroatoms. The zero-order chi connectivity index (χ0) is 18.6. The van der Waals surface area contributed by atoms with E-state index in [1.807, 2.05) is 23.6 Å². The highest BCUT2D eigenvalue weighted by atomic mass is 32.1. The second-order valence-electron chi connectivity index (χ2n) is 6.76. The molecule has 1 unspecified atom stereocenters. The number of methoxy groups -OCH3 is 1. The first kappa shape index (κ1) is 17.8. The molecule has 4 rings (SSSR count). The number of aromatic amines is 1. The molecule has 0 bridgehead atoms. The van der Waals surface area contributed by atoms with Crippen molar-refractivity contribution in [2.45, 2.75) is 25.9 Å². The van der Waals surface area contributed by atoms with Gasteiger partial charge in [-0.1, -0.05) is 24.3 Å². The van der Waals surface area contributed by atoms with Crippen LogP contribution in [0.1, 0.15) is 17.4 Å². The summed E-state index contributed by atoms with van der Waals surface area (Å²) in [5, 5.41) is 15.5. The summed E-state index contributed by atoms with van der Waals surface area (Å²) in [5.41, 5.74) is 3.40.